The molecule has 1 N–H and O–H groups in total. The summed E-state index contributed by atoms with van der Waals surface area (Å²) in [5, 5.41) is 7.50. The van der Waals surface area contributed by atoms with Gasteiger partial charge in [-0.1, -0.05) is 6.07 Å². The van der Waals surface area contributed by atoms with Crippen molar-refractivity contribution in [3.63, 3.8) is 0 Å². The van der Waals surface area contributed by atoms with Gasteiger partial charge < -0.3 is 5.32 Å². The van der Waals surface area contributed by atoms with Gasteiger partial charge in [0.1, 0.15) is 5.82 Å². The number of hydrogen-bond donors (Lipinski definition) is 1. The average molecular weight is 293 g/mol. The zero-order chi connectivity index (χ0) is 14.4. The number of halogens is 1. The summed E-state index contributed by atoms with van der Waals surface area (Å²) < 4.78 is 14.9. The molecule has 0 bridgehead atoms. The number of aromatic nitrogens is 2. The minimum atomic E-state index is -0.175. The molecule has 1 aromatic heterocycles. The van der Waals surface area contributed by atoms with Crippen LogP contribution in [0.5, 0.6) is 0 Å². The fraction of sp³-hybridized carbons (Fsp3) is 0.400. The van der Waals surface area contributed by atoms with E-state index in [2.05, 4.69) is 10.4 Å². The zero-order valence-electron chi connectivity index (χ0n) is 11.8. The van der Waals surface area contributed by atoms with Gasteiger partial charge in [-0.2, -0.15) is 5.10 Å². The van der Waals surface area contributed by atoms with E-state index in [0.29, 0.717) is 6.04 Å². The van der Waals surface area contributed by atoms with Crippen LogP contribution >= 0.6 is 11.8 Å². The van der Waals surface area contributed by atoms with Crippen LogP contribution in [0.4, 0.5) is 4.39 Å². The molecule has 1 atom stereocenters. The molecule has 0 aliphatic heterocycles. The summed E-state index contributed by atoms with van der Waals surface area (Å²) in [5.41, 5.74) is 1.25. The lowest BCUT2D eigenvalue weighted by atomic mass is 10.1. The quantitative estimate of drug-likeness (QED) is 0.796. The molecule has 0 saturated carbocycles. The summed E-state index contributed by atoms with van der Waals surface area (Å²) in [5.74, 6) is 0.756. The third-order valence-electron chi connectivity index (χ3n) is 3.20. The summed E-state index contributed by atoms with van der Waals surface area (Å²) in [7, 11) is 3.90. The minimum Gasteiger partial charge on any atom is -0.316 e. The summed E-state index contributed by atoms with van der Waals surface area (Å²) >= 11 is 1.68. The van der Waals surface area contributed by atoms with Crippen molar-refractivity contribution in [3.8, 4) is 0 Å². The van der Waals surface area contributed by atoms with E-state index in [9.17, 15) is 4.39 Å². The standard InChI is InChI=1S/C15H20FN3S/c1-17-14(7-6-12-9-18-19(2)10-12)11-20-15-5-3-4-13(16)8-15/h3-5,8-10,14,17H,6-7,11H2,1-2H3. The van der Waals surface area contributed by atoms with Gasteiger partial charge in [-0.05, 0) is 43.7 Å². The molecule has 0 amide bonds. The van der Waals surface area contributed by atoms with Gasteiger partial charge in [-0.25, -0.2) is 4.39 Å². The monoisotopic (exact) mass is 293 g/mol. The number of hydrogen-bond acceptors (Lipinski definition) is 3. The molecule has 0 spiro atoms. The van der Waals surface area contributed by atoms with Crippen molar-refractivity contribution in [2.24, 2.45) is 7.05 Å². The minimum absolute atomic E-state index is 0.175. The molecule has 2 aromatic rings. The number of nitrogens with zero attached hydrogens (tertiary/aromatic N) is 2. The van der Waals surface area contributed by atoms with Gasteiger partial charge in [0.2, 0.25) is 0 Å². The fourth-order valence-corrected chi connectivity index (χ4v) is 3.10. The summed E-state index contributed by atoms with van der Waals surface area (Å²) in [6.07, 6.45) is 6.01. The maximum atomic E-state index is 13.1. The van der Waals surface area contributed by atoms with Crippen LogP contribution in [0.3, 0.4) is 0 Å². The zero-order valence-corrected chi connectivity index (χ0v) is 12.7. The second kappa shape index (κ2) is 7.45. The molecule has 0 radical (unpaired) electrons. The molecule has 1 aromatic carbocycles. The topological polar surface area (TPSA) is 29.9 Å². The highest BCUT2D eigenvalue weighted by Crippen LogP contribution is 2.20. The second-order valence-corrected chi connectivity index (χ2v) is 5.91. The first-order chi connectivity index (χ1) is 9.67. The maximum Gasteiger partial charge on any atom is 0.124 e. The first kappa shape index (κ1) is 15.1. The molecular weight excluding hydrogens is 273 g/mol. The van der Waals surface area contributed by atoms with Crippen molar-refractivity contribution in [3.05, 3.63) is 48.0 Å². The molecular formula is C15H20FN3S. The molecule has 0 aliphatic rings. The van der Waals surface area contributed by atoms with Gasteiger partial charge in [-0.15, -0.1) is 11.8 Å². The third kappa shape index (κ3) is 4.65. The third-order valence-corrected chi connectivity index (χ3v) is 4.35. The number of nitrogens with one attached hydrogen (secondary N) is 1. The Morgan fingerprint density at radius 2 is 2.30 bits per heavy atom. The number of thioether (sulfide) groups is 1. The van der Waals surface area contributed by atoms with Crippen molar-refractivity contribution >= 4 is 11.8 Å². The molecule has 1 heterocycles. The molecule has 0 fully saturated rings. The van der Waals surface area contributed by atoms with E-state index in [1.807, 2.05) is 37.2 Å². The van der Waals surface area contributed by atoms with Gasteiger partial charge >= 0.3 is 0 Å². The van der Waals surface area contributed by atoms with E-state index in [1.54, 1.807) is 23.9 Å². The summed E-state index contributed by atoms with van der Waals surface area (Å²) in [6.45, 7) is 0. The maximum absolute atomic E-state index is 13.1. The highest BCUT2D eigenvalue weighted by Gasteiger charge is 2.08. The van der Waals surface area contributed by atoms with Crippen LogP contribution in [0.2, 0.25) is 0 Å². The van der Waals surface area contributed by atoms with Gasteiger partial charge in [0.05, 0.1) is 6.20 Å². The van der Waals surface area contributed by atoms with E-state index in [4.69, 9.17) is 0 Å². The van der Waals surface area contributed by atoms with E-state index in [-0.39, 0.29) is 5.82 Å². The number of aryl methyl sites for hydroxylation is 2. The van der Waals surface area contributed by atoms with Crippen molar-refractivity contribution < 1.29 is 4.39 Å². The summed E-state index contributed by atoms with van der Waals surface area (Å²) in [6, 6.07) is 7.16. The molecule has 108 valence electrons. The smallest absolute Gasteiger partial charge is 0.124 e. The van der Waals surface area contributed by atoms with Crippen molar-refractivity contribution in [2.45, 2.75) is 23.8 Å². The molecule has 1 unspecified atom stereocenters. The van der Waals surface area contributed by atoms with Crippen LogP contribution in [0.1, 0.15) is 12.0 Å². The van der Waals surface area contributed by atoms with Gasteiger partial charge in [0.15, 0.2) is 0 Å². The Bertz CT molecular complexity index is 541. The van der Waals surface area contributed by atoms with Crippen LogP contribution in [-0.4, -0.2) is 28.6 Å². The molecule has 5 heteroatoms. The van der Waals surface area contributed by atoms with Crippen LogP contribution in [0.25, 0.3) is 0 Å². The van der Waals surface area contributed by atoms with Gasteiger partial charge in [-0.3, -0.25) is 4.68 Å². The molecule has 2 rings (SSSR count). The predicted molar refractivity (Wildman–Crippen MR) is 81.5 cm³/mol. The van der Waals surface area contributed by atoms with Gasteiger partial charge in [0, 0.05) is 29.9 Å². The Hall–Kier alpha value is -1.33. The van der Waals surface area contributed by atoms with Crippen LogP contribution < -0.4 is 5.32 Å². The fourth-order valence-electron chi connectivity index (χ4n) is 2.01. The Balaban J connectivity index is 1.80. The lowest BCUT2D eigenvalue weighted by Gasteiger charge is -2.15. The highest BCUT2D eigenvalue weighted by atomic mass is 32.2. The second-order valence-electron chi connectivity index (χ2n) is 4.81. The van der Waals surface area contributed by atoms with E-state index >= 15 is 0 Å². The highest BCUT2D eigenvalue weighted by molar-refractivity contribution is 7.99. The van der Waals surface area contributed by atoms with E-state index < -0.39 is 0 Å². The Morgan fingerprint density at radius 1 is 1.45 bits per heavy atom. The Labute approximate surface area is 123 Å². The molecule has 0 saturated heterocycles. The largest absolute Gasteiger partial charge is 0.316 e. The van der Waals surface area contributed by atoms with Crippen LogP contribution in [0.15, 0.2) is 41.6 Å². The average Bonchev–Trinajstić information content (AvgIpc) is 2.85. The number of benzene rings is 1. The van der Waals surface area contributed by atoms with Crippen LogP contribution in [0, 0.1) is 5.82 Å². The van der Waals surface area contributed by atoms with Crippen molar-refractivity contribution in [1.29, 1.82) is 0 Å². The normalized spacial score (nSPS) is 12.6. The molecule has 0 aliphatic carbocycles. The van der Waals surface area contributed by atoms with Crippen LogP contribution in [-0.2, 0) is 13.5 Å². The first-order valence-electron chi connectivity index (χ1n) is 6.70. The summed E-state index contributed by atoms with van der Waals surface area (Å²) in [4.78, 5) is 0.978. The molecule has 3 nitrogen and oxygen atoms in total. The Morgan fingerprint density at radius 3 is 2.95 bits per heavy atom. The lowest BCUT2D eigenvalue weighted by molar-refractivity contribution is 0.572. The van der Waals surface area contributed by atoms with E-state index in [0.717, 1.165) is 23.5 Å². The number of rotatable bonds is 7. The molecule has 20 heavy (non-hydrogen) atoms. The lowest BCUT2D eigenvalue weighted by Crippen LogP contribution is -2.28. The Kier molecular flexibility index (Phi) is 5.61. The van der Waals surface area contributed by atoms with Gasteiger partial charge in [0.25, 0.3) is 0 Å². The SMILES string of the molecule is CNC(CCc1cnn(C)c1)CSc1cccc(F)c1. The first-order valence-corrected chi connectivity index (χ1v) is 7.69. The van der Waals surface area contributed by atoms with Crippen molar-refractivity contribution in [1.82, 2.24) is 15.1 Å². The predicted octanol–water partition coefficient (Wildman–Crippen LogP) is 2.87. The van der Waals surface area contributed by atoms with Crippen molar-refractivity contribution in [2.75, 3.05) is 12.8 Å². The van der Waals surface area contributed by atoms with E-state index in [1.165, 1.54) is 11.6 Å².